The number of nitrogens with zero attached hydrogens (tertiary/aromatic N) is 2. The molecule has 0 amide bonds. The van der Waals surface area contributed by atoms with Gasteiger partial charge in [0.05, 0.1) is 0 Å². The first-order valence-corrected chi connectivity index (χ1v) is 1.75. The Hall–Kier alpha value is 1.88. The van der Waals surface area contributed by atoms with Crippen LogP contribution in [0.4, 0.5) is 0 Å². The maximum atomic E-state index is 9.15. The van der Waals surface area contributed by atoms with E-state index >= 15 is 0 Å². The molecular weight excluding hydrogens is 166 g/mol. The molecule has 8 heavy (non-hydrogen) atoms. The van der Waals surface area contributed by atoms with Gasteiger partial charge in [0.15, 0.2) is 0 Å². The Morgan fingerprint density at radius 1 is 1.75 bits per heavy atom. The van der Waals surface area contributed by atoms with Gasteiger partial charge < -0.3 is 0 Å². The Labute approximate surface area is 115 Å². The molecule has 0 bridgehead atoms. The van der Waals surface area contributed by atoms with Crippen LogP contribution in [0.25, 0.3) is 0 Å². The predicted molar refractivity (Wildman–Crippen MR) is 34.5 cm³/mol. The first kappa shape index (κ1) is 16.5. The van der Waals surface area contributed by atoms with E-state index in [4.69, 9.17) is 15.4 Å². The van der Waals surface area contributed by atoms with Crippen LogP contribution in [0.2, 0.25) is 0 Å². The molecule has 36 valence electrons. The maximum absolute atomic E-state index is 9.15. The van der Waals surface area contributed by atoms with Crippen molar-refractivity contribution < 1.29 is 4.33 Å². The van der Waals surface area contributed by atoms with Gasteiger partial charge in [0.1, 0.15) is 4.33 Å². The summed E-state index contributed by atoms with van der Waals surface area (Å²) >= 11 is 0.0139. The quantitative estimate of drug-likeness (QED) is 0.167. The Balaban J connectivity index is -0.000000125. The van der Waals surface area contributed by atoms with E-state index in [0.29, 0.717) is 0 Å². The fourth-order valence-electron chi connectivity index (χ4n) is 0.0333. The molecule has 0 atom stereocenters. The molecule has 0 aromatic heterocycles. The molecule has 0 unspecified atom stereocenters. The number of nitriles is 1. The number of hydrogen-bond acceptors (Lipinski definition) is 4. The molecule has 7 heteroatoms. The molecule has 0 aliphatic rings. The summed E-state index contributed by atoms with van der Waals surface area (Å²) in [6, 6.07) is 0. The van der Waals surface area contributed by atoms with E-state index in [1.165, 1.54) is 5.40 Å². The fourth-order valence-corrected chi connectivity index (χ4v) is 0.100. The Morgan fingerprint density at radius 2 is 2.12 bits per heavy atom. The number of hydrogen-bond donors (Lipinski definition) is 0. The van der Waals surface area contributed by atoms with Crippen LogP contribution in [0, 0.1) is 20.8 Å². The van der Waals surface area contributed by atoms with Gasteiger partial charge in [0.25, 0.3) is 0 Å². The van der Waals surface area contributed by atoms with Crippen molar-refractivity contribution >= 4 is 92.9 Å². The topological polar surface area (TPSA) is 66.9 Å². The summed E-state index contributed by atoms with van der Waals surface area (Å²) in [7, 11) is 0. The Bertz CT molecular complexity index is 103. The second-order valence-electron chi connectivity index (χ2n) is 0.406. The van der Waals surface area contributed by atoms with Crippen molar-refractivity contribution in [1.82, 2.24) is 0 Å². The second kappa shape index (κ2) is 11.6. The molecule has 0 aliphatic heterocycles. The van der Waals surface area contributed by atoms with Crippen molar-refractivity contribution in [2.24, 2.45) is 0 Å². The van der Waals surface area contributed by atoms with E-state index in [9.17, 15) is 0 Å². The standard InChI is InChI=1S/CN2O2S.K.Na.2H/c2-1-6-3(4)5;;;;. The molecule has 0 saturated carbocycles. The Kier molecular flexibility index (Phi) is 24.0. The van der Waals surface area contributed by atoms with E-state index in [1.807, 2.05) is 0 Å². The average Bonchev–Trinajstić information content (AvgIpc) is 1.35. The van der Waals surface area contributed by atoms with Gasteiger partial charge >= 0.3 is 92.9 Å². The van der Waals surface area contributed by atoms with Gasteiger partial charge in [-0.15, -0.1) is 0 Å². The number of thiocyanates is 1. The van der Waals surface area contributed by atoms with Crippen LogP contribution in [0.5, 0.6) is 0 Å². The summed E-state index contributed by atoms with van der Waals surface area (Å²) in [5.41, 5.74) is 0. The van der Waals surface area contributed by atoms with Crippen LogP contribution in [-0.4, -0.2) is 85.3 Å². The van der Waals surface area contributed by atoms with Gasteiger partial charge in [-0.3, -0.25) is 0 Å². The average molecular weight is 168 g/mol. The van der Waals surface area contributed by atoms with Crippen molar-refractivity contribution in [2.45, 2.75) is 0 Å². The minimum absolute atomic E-state index is 0. The van der Waals surface area contributed by atoms with Crippen LogP contribution >= 0.6 is 11.9 Å². The van der Waals surface area contributed by atoms with Gasteiger partial charge in [-0.1, -0.05) is 0 Å². The van der Waals surface area contributed by atoms with Crippen molar-refractivity contribution in [3.63, 3.8) is 0 Å². The third-order valence-corrected chi connectivity index (χ3v) is 0.346. The van der Waals surface area contributed by atoms with E-state index < -0.39 is 4.33 Å². The molecule has 0 N–H and O–H groups in total. The van der Waals surface area contributed by atoms with Crippen molar-refractivity contribution in [3.05, 3.63) is 10.1 Å². The summed E-state index contributed by atoms with van der Waals surface area (Å²) in [5, 5.41) is 17.9. The zero-order chi connectivity index (χ0) is 4.99. The van der Waals surface area contributed by atoms with Crippen molar-refractivity contribution in [1.29, 1.82) is 5.26 Å². The summed E-state index contributed by atoms with van der Waals surface area (Å²) in [5.74, 6) is 0. The third-order valence-electron chi connectivity index (χ3n) is 0.115. The molecule has 0 heterocycles. The van der Waals surface area contributed by atoms with Crippen LogP contribution in [0.3, 0.4) is 0 Å². The van der Waals surface area contributed by atoms with Gasteiger partial charge in [-0.2, -0.15) is 5.26 Å². The molecule has 0 spiro atoms. The minimum atomic E-state index is -0.764. The van der Waals surface area contributed by atoms with Gasteiger partial charge in [-0.25, -0.2) is 10.1 Å². The molecule has 4 nitrogen and oxygen atoms in total. The molecule has 0 aromatic rings. The van der Waals surface area contributed by atoms with Gasteiger partial charge in [0.2, 0.25) is 5.40 Å². The Morgan fingerprint density at radius 3 is 2.12 bits per heavy atom. The van der Waals surface area contributed by atoms with E-state index in [0.717, 1.165) is 0 Å². The molecule has 0 fully saturated rings. The molecule has 0 saturated heterocycles. The molecule has 0 aromatic carbocycles. The van der Waals surface area contributed by atoms with Gasteiger partial charge in [-0.05, 0) is 0 Å². The van der Waals surface area contributed by atoms with E-state index in [1.54, 1.807) is 0 Å². The monoisotopic (exact) mass is 168 g/mol. The normalized spacial score (nSPS) is 4.88. The molecule has 0 aliphatic carbocycles. The van der Waals surface area contributed by atoms with Crippen LogP contribution in [0.15, 0.2) is 0 Å². The summed E-state index contributed by atoms with van der Waals surface area (Å²) < 4.78 is -0.764. The van der Waals surface area contributed by atoms with Gasteiger partial charge in [0, 0.05) is 0 Å². The first-order chi connectivity index (χ1) is 2.77. The first-order valence-electron chi connectivity index (χ1n) is 0.975. The van der Waals surface area contributed by atoms with Crippen molar-refractivity contribution in [2.75, 3.05) is 0 Å². The number of nitro groups is 1. The van der Waals surface area contributed by atoms with Crippen LogP contribution in [0.1, 0.15) is 0 Å². The summed E-state index contributed by atoms with van der Waals surface area (Å²) in [6.07, 6.45) is 0. The zero-order valence-corrected chi connectivity index (χ0v) is 3.44. The van der Waals surface area contributed by atoms with Crippen LogP contribution in [-0.2, 0) is 0 Å². The molecular formula is CH2KN2NaO2S. The van der Waals surface area contributed by atoms with Crippen molar-refractivity contribution in [3.8, 4) is 5.40 Å². The SMILES string of the molecule is N#CS[N+](=O)[O-].[KH].[NaH]. The molecule has 0 rings (SSSR count). The molecule has 0 radical (unpaired) electrons. The fraction of sp³-hybridized carbons (Fsp3) is 0. The zero-order valence-electron chi connectivity index (χ0n) is 2.62. The third kappa shape index (κ3) is 15.7. The summed E-state index contributed by atoms with van der Waals surface area (Å²) in [4.78, 5) is 9.15. The summed E-state index contributed by atoms with van der Waals surface area (Å²) in [6.45, 7) is 0. The second-order valence-corrected chi connectivity index (χ2v) is 1.07. The number of rotatable bonds is 1. The van der Waals surface area contributed by atoms with E-state index in [2.05, 4.69) is 0 Å². The van der Waals surface area contributed by atoms with E-state index in [-0.39, 0.29) is 92.9 Å². The predicted octanol–water partition coefficient (Wildman–Crippen LogP) is -0.905. The van der Waals surface area contributed by atoms with Crippen LogP contribution < -0.4 is 0 Å².